The van der Waals surface area contributed by atoms with Crippen LogP contribution in [0.25, 0.3) is 12.2 Å². The monoisotopic (exact) mass is 573 g/mol. The lowest BCUT2D eigenvalue weighted by atomic mass is 9.75. The zero-order valence-corrected chi connectivity index (χ0v) is 24.6. The second-order valence-electron chi connectivity index (χ2n) is 11.6. The van der Waals surface area contributed by atoms with Crippen LogP contribution in [0.2, 0.25) is 0 Å². The lowest BCUT2D eigenvalue weighted by Crippen LogP contribution is -2.59. The molecule has 1 saturated heterocycles. The number of aromatic nitrogens is 1. The van der Waals surface area contributed by atoms with E-state index in [0.29, 0.717) is 31.1 Å². The predicted octanol–water partition coefficient (Wildman–Crippen LogP) is 5.32. The molecule has 2 aliphatic rings. The quantitative estimate of drug-likeness (QED) is 0.275. The van der Waals surface area contributed by atoms with Gasteiger partial charge in [-0.15, -0.1) is 0 Å². The van der Waals surface area contributed by atoms with Gasteiger partial charge in [0, 0.05) is 63.4 Å². The number of benzene rings is 2. The van der Waals surface area contributed by atoms with Crippen LogP contribution in [-0.2, 0) is 11.3 Å². The highest BCUT2D eigenvalue weighted by Crippen LogP contribution is 2.38. The molecule has 1 atom stereocenters. The Hall–Kier alpha value is -3.30. The summed E-state index contributed by atoms with van der Waals surface area (Å²) in [5, 5.41) is 14.7. The van der Waals surface area contributed by atoms with Gasteiger partial charge in [0.25, 0.3) is 0 Å². The number of carbonyl (C=O) groups is 1. The summed E-state index contributed by atoms with van der Waals surface area (Å²) in [6.45, 7) is 4.81. The molecule has 42 heavy (non-hydrogen) atoms. The van der Waals surface area contributed by atoms with Crippen molar-refractivity contribution in [3.05, 3.63) is 83.2 Å². The van der Waals surface area contributed by atoms with Crippen LogP contribution in [0, 0.1) is 0 Å². The van der Waals surface area contributed by atoms with Crippen LogP contribution in [0.15, 0.2) is 65.2 Å². The third-order valence-corrected chi connectivity index (χ3v) is 8.49. The van der Waals surface area contributed by atoms with Crippen LogP contribution < -0.4 is 4.74 Å². The first-order valence-corrected chi connectivity index (χ1v) is 15.1. The Kier molecular flexibility index (Phi) is 10.6. The Labute approximate surface area is 248 Å². The highest BCUT2D eigenvalue weighted by Gasteiger charge is 2.41. The van der Waals surface area contributed by atoms with Crippen molar-refractivity contribution in [3.8, 4) is 5.75 Å². The molecule has 8 heteroatoms. The van der Waals surface area contributed by atoms with Gasteiger partial charge in [0.05, 0.1) is 6.61 Å². The zero-order valence-electron chi connectivity index (χ0n) is 24.6. The molecule has 2 aromatic carbocycles. The SMILES string of the molecule is COCc1cc(C=Cc2cccc(OCC(O)CN3CCN(C4(CC(=O)c5ccccc5)CCCCC4)CC3)c2)on1. The summed E-state index contributed by atoms with van der Waals surface area (Å²) in [5.74, 6) is 1.61. The number of Topliss-reactive ketones (excluding diaryl/α,β-unsaturated/α-hetero) is 1. The van der Waals surface area contributed by atoms with Crippen LogP contribution in [0.5, 0.6) is 5.75 Å². The molecule has 2 heterocycles. The topological polar surface area (TPSA) is 88.3 Å². The van der Waals surface area contributed by atoms with E-state index in [2.05, 4.69) is 15.0 Å². The van der Waals surface area contributed by atoms with Crippen molar-refractivity contribution in [2.24, 2.45) is 0 Å². The van der Waals surface area contributed by atoms with Gasteiger partial charge in [-0.2, -0.15) is 0 Å². The van der Waals surface area contributed by atoms with E-state index in [-0.39, 0.29) is 17.9 Å². The number of rotatable bonds is 13. The first-order chi connectivity index (χ1) is 20.5. The van der Waals surface area contributed by atoms with Crippen molar-refractivity contribution in [1.29, 1.82) is 0 Å². The maximum absolute atomic E-state index is 13.2. The molecule has 1 aromatic heterocycles. The van der Waals surface area contributed by atoms with Crippen molar-refractivity contribution in [1.82, 2.24) is 15.0 Å². The van der Waals surface area contributed by atoms with E-state index in [9.17, 15) is 9.90 Å². The second-order valence-corrected chi connectivity index (χ2v) is 11.6. The highest BCUT2D eigenvalue weighted by molar-refractivity contribution is 5.96. The summed E-state index contributed by atoms with van der Waals surface area (Å²) in [5.41, 5.74) is 2.48. The summed E-state index contributed by atoms with van der Waals surface area (Å²) < 4.78 is 16.3. The van der Waals surface area contributed by atoms with Crippen LogP contribution in [-0.4, -0.2) is 83.9 Å². The van der Waals surface area contributed by atoms with Gasteiger partial charge >= 0.3 is 0 Å². The second kappa shape index (κ2) is 14.7. The van der Waals surface area contributed by atoms with Gasteiger partial charge in [-0.25, -0.2) is 0 Å². The molecule has 1 unspecified atom stereocenters. The number of β-amino-alcohol motifs (C(OH)–C–C–N with tert-alkyl or cyclic N) is 1. The number of methoxy groups -OCH3 is 1. The minimum absolute atomic E-state index is 0.0435. The summed E-state index contributed by atoms with van der Waals surface area (Å²) in [7, 11) is 1.62. The Balaban J connectivity index is 1.09. The molecule has 224 valence electrons. The number of nitrogens with zero attached hydrogens (tertiary/aromatic N) is 3. The Bertz CT molecular complexity index is 1290. The molecular weight excluding hydrogens is 530 g/mol. The van der Waals surface area contributed by atoms with Crippen LogP contribution >= 0.6 is 0 Å². The third-order valence-electron chi connectivity index (χ3n) is 8.49. The standard InChI is InChI=1S/C34H43N3O5/c1-40-25-29-22-32(42-35-29)14-13-27-9-8-12-31(21-27)41-26-30(38)24-36-17-19-37(20-18-36)34(15-6-3-7-16-34)23-33(39)28-10-4-2-5-11-28/h2,4-5,8-14,21-22,30,38H,3,6-7,15-20,23-26H2,1H3. The fourth-order valence-corrected chi connectivity index (χ4v) is 6.30. The van der Waals surface area contributed by atoms with Gasteiger partial charge in [-0.3, -0.25) is 14.6 Å². The van der Waals surface area contributed by atoms with E-state index in [0.717, 1.165) is 55.8 Å². The Morgan fingerprint density at radius 2 is 1.81 bits per heavy atom. The van der Waals surface area contributed by atoms with E-state index in [1.165, 1.54) is 19.3 Å². The molecule has 0 radical (unpaired) electrons. The maximum Gasteiger partial charge on any atom is 0.164 e. The minimum atomic E-state index is -0.590. The molecule has 1 N–H and O–H groups in total. The summed E-state index contributed by atoms with van der Waals surface area (Å²) in [4.78, 5) is 18.1. The van der Waals surface area contributed by atoms with Crippen molar-refractivity contribution >= 4 is 17.9 Å². The first kappa shape index (κ1) is 30.2. The number of ketones is 1. The molecule has 8 nitrogen and oxygen atoms in total. The molecule has 0 spiro atoms. The minimum Gasteiger partial charge on any atom is -0.491 e. The van der Waals surface area contributed by atoms with Gasteiger partial charge < -0.3 is 19.1 Å². The van der Waals surface area contributed by atoms with E-state index < -0.39 is 6.10 Å². The van der Waals surface area contributed by atoms with Crippen LogP contribution in [0.4, 0.5) is 0 Å². The molecule has 2 fully saturated rings. The van der Waals surface area contributed by atoms with E-state index in [4.69, 9.17) is 14.0 Å². The van der Waals surface area contributed by atoms with Gasteiger partial charge in [-0.1, -0.05) is 73.0 Å². The van der Waals surface area contributed by atoms with E-state index >= 15 is 0 Å². The molecule has 5 rings (SSSR count). The smallest absolute Gasteiger partial charge is 0.164 e. The summed E-state index contributed by atoms with van der Waals surface area (Å²) in [6.07, 6.45) is 9.59. The molecule has 0 amide bonds. The number of hydrogen-bond acceptors (Lipinski definition) is 8. The molecule has 1 saturated carbocycles. The number of piperazine rings is 1. The van der Waals surface area contributed by atoms with Crippen molar-refractivity contribution in [3.63, 3.8) is 0 Å². The molecule has 0 bridgehead atoms. The number of ether oxygens (including phenoxy) is 2. The van der Waals surface area contributed by atoms with Gasteiger partial charge in [0.1, 0.15) is 24.2 Å². The predicted molar refractivity (Wildman–Crippen MR) is 163 cm³/mol. The lowest BCUT2D eigenvalue weighted by Gasteiger charge is -2.50. The lowest BCUT2D eigenvalue weighted by molar-refractivity contribution is -0.0102. The normalized spacial score (nSPS) is 18.7. The fourth-order valence-electron chi connectivity index (χ4n) is 6.30. The maximum atomic E-state index is 13.2. The number of hydrogen-bond donors (Lipinski definition) is 1. The van der Waals surface area contributed by atoms with Gasteiger partial charge in [0.15, 0.2) is 11.5 Å². The summed E-state index contributed by atoms with van der Waals surface area (Å²) >= 11 is 0. The van der Waals surface area contributed by atoms with Crippen molar-refractivity contribution in [2.75, 3.05) is 46.4 Å². The summed E-state index contributed by atoms with van der Waals surface area (Å²) in [6, 6.07) is 19.3. The van der Waals surface area contributed by atoms with Crippen molar-refractivity contribution < 1.29 is 23.9 Å². The molecule has 1 aliphatic heterocycles. The third kappa shape index (κ3) is 8.16. The number of aliphatic hydroxyl groups is 1. The molecule has 1 aliphatic carbocycles. The fraction of sp³-hybridized carbons (Fsp3) is 0.471. The number of aliphatic hydroxyl groups excluding tert-OH is 1. The highest BCUT2D eigenvalue weighted by atomic mass is 16.5. The molecular formula is C34H43N3O5. The Morgan fingerprint density at radius 3 is 2.57 bits per heavy atom. The largest absolute Gasteiger partial charge is 0.491 e. The zero-order chi connectivity index (χ0) is 29.2. The Morgan fingerprint density at radius 1 is 1.02 bits per heavy atom. The van der Waals surface area contributed by atoms with Gasteiger partial charge in [0.2, 0.25) is 0 Å². The van der Waals surface area contributed by atoms with Gasteiger partial charge in [-0.05, 0) is 36.6 Å². The van der Waals surface area contributed by atoms with Crippen molar-refractivity contribution in [2.45, 2.75) is 56.8 Å². The van der Waals surface area contributed by atoms with Crippen LogP contribution in [0.1, 0.15) is 65.9 Å². The van der Waals surface area contributed by atoms with Crippen LogP contribution in [0.3, 0.4) is 0 Å². The van der Waals surface area contributed by atoms with E-state index in [1.807, 2.05) is 72.8 Å². The first-order valence-electron chi connectivity index (χ1n) is 15.1. The number of carbonyl (C=O) groups excluding carboxylic acids is 1. The molecule has 3 aromatic rings. The average molecular weight is 574 g/mol. The average Bonchev–Trinajstić information content (AvgIpc) is 3.48. The van der Waals surface area contributed by atoms with E-state index in [1.54, 1.807) is 7.11 Å².